The van der Waals surface area contributed by atoms with Gasteiger partial charge in [0.1, 0.15) is 0 Å². The molecule has 0 bridgehead atoms. The minimum absolute atomic E-state index is 0.0611. The van der Waals surface area contributed by atoms with Gasteiger partial charge >= 0.3 is 0 Å². The summed E-state index contributed by atoms with van der Waals surface area (Å²) < 4.78 is 34.7. The summed E-state index contributed by atoms with van der Waals surface area (Å²) in [6.45, 7) is 1.99. The van der Waals surface area contributed by atoms with E-state index in [1.807, 2.05) is 25.1 Å². The zero-order valence-corrected chi connectivity index (χ0v) is 12.7. The molecule has 1 N–H and O–H groups in total. The molecule has 0 saturated carbocycles. The highest BCUT2D eigenvalue weighted by Crippen LogP contribution is 2.37. The van der Waals surface area contributed by atoms with Crippen molar-refractivity contribution in [1.29, 1.82) is 0 Å². The van der Waals surface area contributed by atoms with Crippen LogP contribution in [0.15, 0.2) is 42.5 Å². The molecule has 0 radical (unpaired) electrons. The van der Waals surface area contributed by atoms with Gasteiger partial charge in [0.15, 0.2) is 23.5 Å². The summed E-state index contributed by atoms with van der Waals surface area (Å²) >= 11 is 0. The van der Waals surface area contributed by atoms with Gasteiger partial charge in [-0.3, -0.25) is 5.32 Å². The zero-order valence-electron chi connectivity index (χ0n) is 12.7. The van der Waals surface area contributed by atoms with Crippen molar-refractivity contribution in [3.8, 4) is 5.75 Å². The molecule has 1 aliphatic carbocycles. The Bertz CT molecular complexity index is 689. The third-order valence-corrected chi connectivity index (χ3v) is 4.14. The number of aryl methyl sites for hydroxylation is 1. The van der Waals surface area contributed by atoms with E-state index in [2.05, 4.69) is 5.32 Å². The van der Waals surface area contributed by atoms with Gasteiger partial charge in [0.25, 0.3) is 0 Å². The van der Waals surface area contributed by atoms with E-state index in [-0.39, 0.29) is 18.6 Å². The van der Waals surface area contributed by atoms with E-state index in [0.717, 1.165) is 16.7 Å². The second-order valence-corrected chi connectivity index (χ2v) is 5.88. The maximum Gasteiger partial charge on any atom is 0.185 e. The van der Waals surface area contributed by atoms with Gasteiger partial charge in [0.2, 0.25) is 0 Å². The lowest BCUT2D eigenvalue weighted by Gasteiger charge is -2.30. The quantitative estimate of drug-likeness (QED) is 0.872. The summed E-state index contributed by atoms with van der Waals surface area (Å²) in [5.41, 5.74) is 1.51. The molecule has 1 aliphatic rings. The minimum Gasteiger partial charge on any atom is -0.469 e. The molecule has 0 saturated heterocycles. The topological polar surface area (TPSA) is 21.3 Å². The average Bonchev–Trinajstić information content (AvgIpc) is 2.82. The summed E-state index contributed by atoms with van der Waals surface area (Å²) in [5, 5.41) is 2.85. The van der Waals surface area contributed by atoms with Crippen LogP contribution in [0.4, 0.5) is 8.78 Å². The Morgan fingerprint density at radius 1 is 1.14 bits per heavy atom. The largest absolute Gasteiger partial charge is 0.469 e. The molecule has 0 spiro atoms. The van der Waals surface area contributed by atoms with Crippen molar-refractivity contribution in [3.63, 3.8) is 0 Å². The predicted octanol–water partition coefficient (Wildman–Crippen LogP) is 3.57. The molecule has 2 atom stereocenters. The van der Waals surface area contributed by atoms with E-state index < -0.39 is 17.7 Å². The van der Waals surface area contributed by atoms with Crippen LogP contribution in [-0.4, -0.2) is 18.9 Å². The smallest absolute Gasteiger partial charge is 0.185 e. The van der Waals surface area contributed by atoms with E-state index in [4.69, 9.17) is 4.74 Å². The van der Waals surface area contributed by atoms with E-state index in [1.54, 1.807) is 19.2 Å². The number of hydrogen-bond donors (Lipinski definition) is 1. The van der Waals surface area contributed by atoms with Gasteiger partial charge in [-0.1, -0.05) is 35.9 Å². The Kier molecular flexibility index (Phi) is 3.87. The molecule has 2 aromatic carbocycles. The first-order valence-electron chi connectivity index (χ1n) is 7.37. The fourth-order valence-corrected chi connectivity index (χ4v) is 3.06. The highest BCUT2D eigenvalue weighted by Gasteiger charge is 2.45. The molecular weight excluding hydrogens is 284 g/mol. The molecule has 3 rings (SSSR count). The number of benzene rings is 2. The van der Waals surface area contributed by atoms with Crippen molar-refractivity contribution >= 4 is 0 Å². The summed E-state index contributed by atoms with van der Waals surface area (Å²) in [6, 6.07) is 12.0. The Hall–Kier alpha value is -1.94. The molecular formula is C18H19F2NO. The number of ether oxygens (including phenoxy) is 1. The average molecular weight is 303 g/mol. The first-order valence-corrected chi connectivity index (χ1v) is 7.37. The van der Waals surface area contributed by atoms with Crippen LogP contribution >= 0.6 is 0 Å². The molecule has 0 heterocycles. The third kappa shape index (κ3) is 2.71. The van der Waals surface area contributed by atoms with Gasteiger partial charge in [0, 0.05) is 12.8 Å². The monoisotopic (exact) mass is 303 g/mol. The van der Waals surface area contributed by atoms with Gasteiger partial charge in [-0.15, -0.1) is 0 Å². The normalized spacial score (nSPS) is 21.5. The second-order valence-electron chi connectivity index (χ2n) is 5.88. The van der Waals surface area contributed by atoms with Crippen LogP contribution in [0.1, 0.15) is 16.7 Å². The Balaban J connectivity index is 1.84. The first-order chi connectivity index (χ1) is 10.5. The fraction of sp³-hybridized carbons (Fsp3) is 0.333. The maximum absolute atomic E-state index is 15.4. The fourth-order valence-electron chi connectivity index (χ4n) is 3.06. The number of rotatable bonds is 4. The standard InChI is InChI=1S/C18H19F2NO/c1-12-7-8-13-10-18(20,11-14(13)9-12)17(21-2)22-16-6-4-3-5-15(16)19/h3-9,17,21H,10-11H2,1-2H3. The van der Waals surface area contributed by atoms with E-state index in [1.165, 1.54) is 12.1 Å². The van der Waals surface area contributed by atoms with Gasteiger partial charge in [-0.25, -0.2) is 8.78 Å². The van der Waals surface area contributed by atoms with E-state index in [9.17, 15) is 4.39 Å². The zero-order chi connectivity index (χ0) is 15.7. The van der Waals surface area contributed by atoms with Crippen LogP contribution in [-0.2, 0) is 12.8 Å². The van der Waals surface area contributed by atoms with Crippen LogP contribution < -0.4 is 10.1 Å². The van der Waals surface area contributed by atoms with Crippen LogP contribution in [0.5, 0.6) is 5.75 Å². The highest BCUT2D eigenvalue weighted by atomic mass is 19.1. The highest BCUT2D eigenvalue weighted by molar-refractivity contribution is 5.39. The second kappa shape index (κ2) is 5.69. The molecule has 0 amide bonds. The maximum atomic E-state index is 15.4. The van der Waals surface area contributed by atoms with Crippen LogP contribution in [0.2, 0.25) is 0 Å². The lowest BCUT2D eigenvalue weighted by Crippen LogP contribution is -2.51. The molecule has 2 unspecified atom stereocenters. The molecule has 22 heavy (non-hydrogen) atoms. The van der Waals surface area contributed by atoms with Gasteiger partial charge in [0.05, 0.1) is 0 Å². The number of hydrogen-bond acceptors (Lipinski definition) is 2. The van der Waals surface area contributed by atoms with Gasteiger partial charge in [-0.2, -0.15) is 0 Å². The van der Waals surface area contributed by atoms with Crippen LogP contribution in [0.3, 0.4) is 0 Å². The number of para-hydroxylation sites is 1. The first kappa shape index (κ1) is 15.0. The SMILES string of the molecule is CNC(Oc1ccccc1F)C1(F)Cc2ccc(C)cc2C1. The van der Waals surface area contributed by atoms with E-state index >= 15 is 4.39 Å². The molecule has 0 aromatic heterocycles. The molecule has 0 fully saturated rings. The number of halogens is 2. The Morgan fingerprint density at radius 3 is 2.59 bits per heavy atom. The van der Waals surface area contributed by atoms with Crippen molar-refractivity contribution in [3.05, 3.63) is 65.0 Å². The summed E-state index contributed by atoms with van der Waals surface area (Å²) in [7, 11) is 1.63. The summed E-state index contributed by atoms with van der Waals surface area (Å²) in [5.74, 6) is -0.427. The molecule has 4 heteroatoms. The third-order valence-electron chi connectivity index (χ3n) is 4.14. The lowest BCUT2D eigenvalue weighted by atomic mass is 10.0. The van der Waals surface area contributed by atoms with Crippen molar-refractivity contribution in [2.75, 3.05) is 7.05 Å². The van der Waals surface area contributed by atoms with Gasteiger partial charge < -0.3 is 4.74 Å². The van der Waals surface area contributed by atoms with Crippen LogP contribution in [0, 0.1) is 12.7 Å². The van der Waals surface area contributed by atoms with Gasteiger partial charge in [-0.05, 0) is 37.2 Å². The lowest BCUT2D eigenvalue weighted by molar-refractivity contribution is -0.00318. The summed E-state index contributed by atoms with van der Waals surface area (Å²) in [6.07, 6.45) is -0.371. The summed E-state index contributed by atoms with van der Waals surface area (Å²) in [4.78, 5) is 0. The van der Waals surface area contributed by atoms with E-state index in [0.29, 0.717) is 0 Å². The van der Waals surface area contributed by atoms with Crippen molar-refractivity contribution in [2.45, 2.75) is 31.7 Å². The molecule has 2 aromatic rings. The van der Waals surface area contributed by atoms with Crippen molar-refractivity contribution < 1.29 is 13.5 Å². The minimum atomic E-state index is -1.59. The molecule has 116 valence electrons. The molecule has 0 aliphatic heterocycles. The predicted molar refractivity (Wildman–Crippen MR) is 82.3 cm³/mol. The van der Waals surface area contributed by atoms with Crippen molar-refractivity contribution in [2.24, 2.45) is 0 Å². The van der Waals surface area contributed by atoms with Crippen LogP contribution in [0.25, 0.3) is 0 Å². The molecule has 2 nitrogen and oxygen atoms in total. The Morgan fingerprint density at radius 2 is 1.86 bits per heavy atom. The Labute approximate surface area is 129 Å². The van der Waals surface area contributed by atoms with Crippen molar-refractivity contribution in [1.82, 2.24) is 5.32 Å². The number of nitrogens with one attached hydrogen (secondary N) is 1. The number of fused-ring (bicyclic) bond motifs is 1. The number of alkyl halides is 1.